The fourth-order valence-electron chi connectivity index (χ4n) is 0.918. The lowest BCUT2D eigenvalue weighted by Gasteiger charge is -2.02. The molecule has 0 amide bonds. The molecule has 0 aromatic heterocycles. The molecular weight excluding hydrogens is 190 g/mol. The van der Waals surface area contributed by atoms with Gasteiger partial charge in [-0.3, -0.25) is 0 Å². The van der Waals surface area contributed by atoms with E-state index in [1.54, 1.807) is 0 Å². The van der Waals surface area contributed by atoms with Gasteiger partial charge in [0, 0.05) is 13.2 Å². The molecule has 0 radical (unpaired) electrons. The van der Waals surface area contributed by atoms with Crippen molar-refractivity contribution in [2.75, 3.05) is 19.0 Å². The number of sulfonamides is 1. The third kappa shape index (κ3) is 11.9. The Morgan fingerprint density at radius 3 is 2.31 bits per heavy atom. The lowest BCUT2D eigenvalue weighted by molar-refractivity contribution is 0.131. The number of unbranched alkanes of at least 4 members (excludes halogenated alkanes) is 2. The quantitative estimate of drug-likeness (QED) is 0.603. The van der Waals surface area contributed by atoms with Crippen LogP contribution in [0.5, 0.6) is 0 Å². The third-order valence-corrected chi connectivity index (χ3v) is 2.47. The van der Waals surface area contributed by atoms with Gasteiger partial charge >= 0.3 is 0 Å². The first-order chi connectivity index (χ1) is 6.06. The monoisotopic (exact) mass is 209 g/mol. The van der Waals surface area contributed by atoms with Gasteiger partial charge in [-0.25, -0.2) is 13.6 Å². The maximum atomic E-state index is 10.5. The van der Waals surface area contributed by atoms with Gasteiger partial charge < -0.3 is 4.74 Å². The van der Waals surface area contributed by atoms with Crippen molar-refractivity contribution in [1.82, 2.24) is 0 Å². The molecule has 0 aliphatic rings. The summed E-state index contributed by atoms with van der Waals surface area (Å²) in [6.45, 7) is 3.33. The highest BCUT2D eigenvalue weighted by molar-refractivity contribution is 7.89. The Bertz CT molecular complexity index is 201. The minimum Gasteiger partial charge on any atom is -0.381 e. The molecule has 0 unspecified atom stereocenters. The van der Waals surface area contributed by atoms with E-state index in [1.807, 2.05) is 0 Å². The molecule has 0 atom stereocenters. The average Bonchev–Trinajstić information content (AvgIpc) is 2.01. The highest BCUT2D eigenvalue weighted by atomic mass is 32.2. The molecule has 13 heavy (non-hydrogen) atoms. The lowest BCUT2D eigenvalue weighted by atomic mass is 10.3. The molecule has 0 aliphatic carbocycles. The molecule has 0 aromatic rings. The van der Waals surface area contributed by atoms with Crippen LogP contribution >= 0.6 is 0 Å². The highest BCUT2D eigenvalue weighted by Crippen LogP contribution is 1.95. The van der Waals surface area contributed by atoms with Gasteiger partial charge in [0.2, 0.25) is 10.0 Å². The summed E-state index contributed by atoms with van der Waals surface area (Å²) in [6, 6.07) is 0. The molecule has 0 fully saturated rings. The van der Waals surface area contributed by atoms with Crippen LogP contribution in [0.4, 0.5) is 0 Å². The Balaban J connectivity index is 3.09. The van der Waals surface area contributed by atoms with Crippen LogP contribution in [-0.2, 0) is 14.8 Å². The molecule has 0 rings (SSSR count). The summed E-state index contributed by atoms with van der Waals surface area (Å²) in [4.78, 5) is 0. The Morgan fingerprint density at radius 1 is 1.15 bits per heavy atom. The van der Waals surface area contributed by atoms with E-state index >= 15 is 0 Å². The third-order valence-electron chi connectivity index (χ3n) is 1.61. The zero-order valence-electron chi connectivity index (χ0n) is 8.16. The zero-order chi connectivity index (χ0) is 10.2. The number of ether oxygens (including phenoxy) is 1. The van der Waals surface area contributed by atoms with Gasteiger partial charge in [0.25, 0.3) is 0 Å². The minimum absolute atomic E-state index is 0.0147. The van der Waals surface area contributed by atoms with Crippen molar-refractivity contribution < 1.29 is 13.2 Å². The highest BCUT2D eigenvalue weighted by Gasteiger charge is 2.00. The second kappa shape index (κ2) is 7.29. The van der Waals surface area contributed by atoms with Gasteiger partial charge in [0.1, 0.15) is 0 Å². The maximum Gasteiger partial charge on any atom is 0.209 e. The van der Waals surface area contributed by atoms with Crippen LogP contribution in [0.15, 0.2) is 0 Å². The number of hydrogen-bond acceptors (Lipinski definition) is 3. The Kier molecular flexibility index (Phi) is 7.22. The maximum absolute atomic E-state index is 10.5. The van der Waals surface area contributed by atoms with Crippen LogP contribution in [0.3, 0.4) is 0 Å². The second-order valence-electron chi connectivity index (χ2n) is 3.04. The van der Waals surface area contributed by atoms with Gasteiger partial charge in [-0.15, -0.1) is 0 Å². The van der Waals surface area contributed by atoms with E-state index in [0.717, 1.165) is 19.4 Å². The Labute approximate surface area is 80.5 Å². The fourth-order valence-corrected chi connectivity index (χ4v) is 1.44. The summed E-state index contributed by atoms with van der Waals surface area (Å²) in [5, 5.41) is 4.81. The first kappa shape index (κ1) is 12.9. The van der Waals surface area contributed by atoms with Crippen molar-refractivity contribution in [3.63, 3.8) is 0 Å². The summed E-state index contributed by atoms with van der Waals surface area (Å²) in [6.07, 6.45) is 3.87. The topological polar surface area (TPSA) is 69.4 Å². The van der Waals surface area contributed by atoms with Crippen molar-refractivity contribution in [2.24, 2.45) is 5.14 Å². The fraction of sp³-hybridized carbons (Fsp3) is 1.00. The molecular formula is C8H19NO3S. The van der Waals surface area contributed by atoms with Crippen molar-refractivity contribution in [1.29, 1.82) is 0 Å². The van der Waals surface area contributed by atoms with E-state index in [2.05, 4.69) is 6.92 Å². The van der Waals surface area contributed by atoms with E-state index < -0.39 is 10.0 Å². The molecule has 0 aliphatic heterocycles. The average molecular weight is 209 g/mol. The molecule has 0 heterocycles. The predicted molar refractivity (Wildman–Crippen MR) is 52.9 cm³/mol. The van der Waals surface area contributed by atoms with Crippen molar-refractivity contribution in [2.45, 2.75) is 32.6 Å². The molecule has 0 saturated carbocycles. The summed E-state index contributed by atoms with van der Waals surface area (Å²) in [5.41, 5.74) is 0. The van der Waals surface area contributed by atoms with E-state index in [-0.39, 0.29) is 5.75 Å². The van der Waals surface area contributed by atoms with E-state index in [1.165, 1.54) is 6.42 Å². The van der Waals surface area contributed by atoms with Crippen molar-refractivity contribution in [3.05, 3.63) is 0 Å². The largest absolute Gasteiger partial charge is 0.381 e. The Morgan fingerprint density at radius 2 is 1.77 bits per heavy atom. The number of primary sulfonamides is 1. The molecule has 0 aromatic carbocycles. The minimum atomic E-state index is -3.30. The molecule has 0 bridgehead atoms. The number of hydrogen-bond donors (Lipinski definition) is 1. The van der Waals surface area contributed by atoms with Gasteiger partial charge in [-0.1, -0.05) is 19.8 Å². The van der Waals surface area contributed by atoms with E-state index in [0.29, 0.717) is 13.0 Å². The smallest absolute Gasteiger partial charge is 0.209 e. The summed E-state index contributed by atoms with van der Waals surface area (Å²) >= 11 is 0. The molecule has 5 heteroatoms. The first-order valence-corrected chi connectivity index (χ1v) is 6.36. The van der Waals surface area contributed by atoms with Crippen molar-refractivity contribution >= 4 is 10.0 Å². The van der Waals surface area contributed by atoms with Gasteiger partial charge in [0.05, 0.1) is 5.75 Å². The lowest BCUT2D eigenvalue weighted by Crippen LogP contribution is -2.17. The van der Waals surface area contributed by atoms with Crippen LogP contribution in [0.2, 0.25) is 0 Å². The summed E-state index contributed by atoms with van der Waals surface area (Å²) in [5.74, 6) is 0.0147. The van der Waals surface area contributed by atoms with E-state index in [4.69, 9.17) is 9.88 Å². The van der Waals surface area contributed by atoms with Crippen LogP contribution in [0.1, 0.15) is 32.6 Å². The molecule has 4 nitrogen and oxygen atoms in total. The molecule has 2 N–H and O–H groups in total. The molecule has 0 spiro atoms. The summed E-state index contributed by atoms with van der Waals surface area (Å²) in [7, 11) is -3.30. The molecule has 0 saturated heterocycles. The normalized spacial score (nSPS) is 11.8. The van der Waals surface area contributed by atoms with Gasteiger partial charge in [-0.05, 0) is 12.8 Å². The first-order valence-electron chi connectivity index (χ1n) is 4.64. The van der Waals surface area contributed by atoms with Crippen molar-refractivity contribution in [3.8, 4) is 0 Å². The van der Waals surface area contributed by atoms with Gasteiger partial charge in [0.15, 0.2) is 0 Å². The van der Waals surface area contributed by atoms with Crippen LogP contribution in [0.25, 0.3) is 0 Å². The number of rotatable bonds is 8. The molecule has 80 valence electrons. The van der Waals surface area contributed by atoms with Crippen LogP contribution < -0.4 is 5.14 Å². The standard InChI is InChI=1S/C8H19NO3S/c1-2-3-4-6-12-7-5-8-13(9,10)11/h2-8H2,1H3,(H2,9,10,11). The Hall–Kier alpha value is -0.130. The van der Waals surface area contributed by atoms with Crippen LogP contribution in [0, 0.1) is 0 Å². The van der Waals surface area contributed by atoms with Crippen LogP contribution in [-0.4, -0.2) is 27.4 Å². The predicted octanol–water partition coefficient (Wildman–Crippen LogP) is 0.872. The second-order valence-corrected chi connectivity index (χ2v) is 4.77. The zero-order valence-corrected chi connectivity index (χ0v) is 8.98. The number of nitrogens with two attached hydrogens (primary N) is 1. The van der Waals surface area contributed by atoms with E-state index in [9.17, 15) is 8.42 Å². The van der Waals surface area contributed by atoms with Gasteiger partial charge in [-0.2, -0.15) is 0 Å². The SMILES string of the molecule is CCCCCOCCCS(N)(=O)=O. The summed E-state index contributed by atoms with van der Waals surface area (Å²) < 4.78 is 26.2.